The molecule has 3 aromatic carbocycles. The normalized spacial score (nSPS) is 14.1. The second-order valence-corrected chi connectivity index (χ2v) is 9.49. The summed E-state index contributed by atoms with van der Waals surface area (Å²) in [6.45, 7) is 3.19. The molecular weight excluding hydrogens is 512 g/mol. The lowest BCUT2D eigenvalue weighted by atomic mass is 9.94. The lowest BCUT2D eigenvalue weighted by Crippen LogP contribution is -2.40. The fourth-order valence-corrected chi connectivity index (χ4v) is 4.80. The van der Waals surface area contributed by atoms with Gasteiger partial charge >= 0.3 is 6.18 Å². The second kappa shape index (κ2) is 9.81. The molecule has 39 heavy (non-hydrogen) atoms. The van der Waals surface area contributed by atoms with Gasteiger partial charge in [-0.05, 0) is 48.8 Å². The molecule has 0 radical (unpaired) electrons. The fourth-order valence-electron chi connectivity index (χ4n) is 4.80. The van der Waals surface area contributed by atoms with Crippen LogP contribution in [-0.2, 0) is 13.2 Å². The highest BCUT2D eigenvalue weighted by Crippen LogP contribution is 2.43. The molecular formula is C28H24F4N6O. The Balaban J connectivity index is 1.52. The number of fused-ring (bicyclic) bond motifs is 1. The molecule has 200 valence electrons. The Morgan fingerprint density at radius 2 is 1.82 bits per heavy atom. The van der Waals surface area contributed by atoms with Crippen molar-refractivity contribution in [3.05, 3.63) is 72.3 Å². The van der Waals surface area contributed by atoms with Gasteiger partial charge in [-0.2, -0.15) is 13.2 Å². The number of aromatic nitrogens is 4. The monoisotopic (exact) mass is 536 g/mol. The van der Waals surface area contributed by atoms with E-state index in [1.54, 1.807) is 17.7 Å². The first-order valence-electron chi connectivity index (χ1n) is 12.5. The molecule has 0 unspecified atom stereocenters. The number of hydrogen-bond acceptors (Lipinski definition) is 6. The van der Waals surface area contributed by atoms with Crippen molar-refractivity contribution < 1.29 is 22.0 Å². The minimum Gasteiger partial charge on any atom is -0.435 e. The zero-order chi connectivity index (χ0) is 27.1. The lowest BCUT2D eigenvalue weighted by Gasteiger charge is -2.30. The Hall–Kier alpha value is -4.25. The Kier molecular flexibility index (Phi) is 6.30. The zero-order valence-corrected chi connectivity index (χ0v) is 21.0. The first-order valence-corrected chi connectivity index (χ1v) is 12.5. The van der Waals surface area contributed by atoms with Crippen molar-refractivity contribution in [1.82, 2.24) is 24.6 Å². The third kappa shape index (κ3) is 4.74. The molecule has 3 heterocycles. The van der Waals surface area contributed by atoms with Gasteiger partial charge in [0.1, 0.15) is 23.2 Å². The summed E-state index contributed by atoms with van der Waals surface area (Å²) in [5.41, 5.74) is 0.386. The molecule has 1 aliphatic rings. The molecule has 1 aliphatic heterocycles. The number of hydrogen-bond donors (Lipinski definition) is 1. The van der Waals surface area contributed by atoms with Crippen LogP contribution in [0, 0.1) is 5.82 Å². The fraction of sp³-hybridized carbons (Fsp3) is 0.250. The van der Waals surface area contributed by atoms with E-state index in [9.17, 15) is 13.2 Å². The largest absolute Gasteiger partial charge is 0.435 e. The number of nitrogens with zero attached hydrogens (tertiary/aromatic N) is 5. The van der Waals surface area contributed by atoms with E-state index < -0.39 is 23.1 Å². The van der Waals surface area contributed by atoms with E-state index in [0.29, 0.717) is 23.5 Å². The molecule has 7 nitrogen and oxygen atoms in total. The number of benzene rings is 3. The molecule has 0 spiro atoms. The SMILES string of the molecule is Cn1cnnc1-c1c(-c2ccccc2)ccc(F)c1-c1nc2cc(NCCN3CCC3)cc(C(F)(F)F)c2o1. The van der Waals surface area contributed by atoms with Crippen LogP contribution >= 0.6 is 0 Å². The standard InChI is InChI=1S/C28H24F4N6O/c1-37-16-34-36-26(37)23-19(17-6-3-2-4-7-17)8-9-21(29)24(23)27-35-22-15-18(33-10-13-38-11-5-12-38)14-20(25(22)39-27)28(30,31)32/h2-4,6-9,14-16,33H,5,10-13H2,1H3. The first-order chi connectivity index (χ1) is 18.8. The maximum Gasteiger partial charge on any atom is 0.420 e. The van der Waals surface area contributed by atoms with Gasteiger partial charge in [0.15, 0.2) is 11.4 Å². The molecule has 6 rings (SSSR count). The maximum atomic E-state index is 15.6. The smallest absolute Gasteiger partial charge is 0.420 e. The van der Waals surface area contributed by atoms with E-state index in [-0.39, 0.29) is 22.7 Å². The predicted molar refractivity (Wildman–Crippen MR) is 139 cm³/mol. The van der Waals surface area contributed by atoms with Crippen molar-refractivity contribution in [3.8, 4) is 34.0 Å². The summed E-state index contributed by atoms with van der Waals surface area (Å²) >= 11 is 0. The van der Waals surface area contributed by atoms with Crippen LogP contribution in [0.25, 0.3) is 45.1 Å². The van der Waals surface area contributed by atoms with Gasteiger partial charge in [0.25, 0.3) is 0 Å². The van der Waals surface area contributed by atoms with Crippen LogP contribution in [-0.4, -0.2) is 50.8 Å². The molecule has 1 N–H and O–H groups in total. The van der Waals surface area contributed by atoms with Gasteiger partial charge in [-0.15, -0.1) is 10.2 Å². The second-order valence-electron chi connectivity index (χ2n) is 9.49. The highest BCUT2D eigenvalue weighted by atomic mass is 19.4. The third-order valence-corrected chi connectivity index (χ3v) is 6.89. The van der Waals surface area contributed by atoms with Gasteiger partial charge in [0.05, 0.1) is 5.56 Å². The van der Waals surface area contributed by atoms with Crippen molar-refractivity contribution in [2.45, 2.75) is 12.6 Å². The lowest BCUT2D eigenvalue weighted by molar-refractivity contribution is -0.136. The minimum atomic E-state index is -4.71. The maximum absolute atomic E-state index is 15.6. The van der Waals surface area contributed by atoms with Crippen LogP contribution in [0.1, 0.15) is 12.0 Å². The van der Waals surface area contributed by atoms with E-state index >= 15 is 4.39 Å². The molecule has 11 heteroatoms. The predicted octanol–water partition coefficient (Wildman–Crippen LogP) is 6.23. The average molecular weight is 537 g/mol. The average Bonchev–Trinajstić information content (AvgIpc) is 3.50. The third-order valence-electron chi connectivity index (χ3n) is 6.89. The number of rotatable bonds is 7. The van der Waals surface area contributed by atoms with Crippen molar-refractivity contribution in [2.24, 2.45) is 7.05 Å². The van der Waals surface area contributed by atoms with Gasteiger partial charge in [0.2, 0.25) is 5.89 Å². The molecule has 0 saturated carbocycles. The minimum absolute atomic E-state index is 0.0281. The first kappa shape index (κ1) is 25.1. The van der Waals surface area contributed by atoms with Gasteiger partial charge < -0.3 is 19.2 Å². The van der Waals surface area contributed by atoms with Crippen LogP contribution in [0.2, 0.25) is 0 Å². The van der Waals surface area contributed by atoms with E-state index in [4.69, 9.17) is 4.42 Å². The molecule has 1 fully saturated rings. The summed E-state index contributed by atoms with van der Waals surface area (Å²) in [7, 11) is 1.70. The van der Waals surface area contributed by atoms with Crippen LogP contribution in [0.15, 0.2) is 65.3 Å². The molecule has 0 aliphatic carbocycles. The summed E-state index contributed by atoms with van der Waals surface area (Å²) in [4.78, 5) is 6.58. The number of oxazole rings is 1. The van der Waals surface area contributed by atoms with E-state index in [0.717, 1.165) is 37.7 Å². The highest BCUT2D eigenvalue weighted by molar-refractivity contribution is 5.93. The molecule has 1 saturated heterocycles. The summed E-state index contributed by atoms with van der Waals surface area (Å²) < 4.78 is 65.3. The Morgan fingerprint density at radius 1 is 1.03 bits per heavy atom. The molecule has 0 amide bonds. The Bertz CT molecular complexity index is 1640. The van der Waals surface area contributed by atoms with Gasteiger partial charge in [-0.1, -0.05) is 36.4 Å². The van der Waals surface area contributed by atoms with Crippen molar-refractivity contribution in [1.29, 1.82) is 0 Å². The van der Waals surface area contributed by atoms with Crippen molar-refractivity contribution in [2.75, 3.05) is 31.5 Å². The van der Waals surface area contributed by atoms with E-state index in [2.05, 4.69) is 25.4 Å². The number of likely N-dealkylation sites (tertiary alicyclic amines) is 1. The number of anilines is 1. The quantitative estimate of drug-likeness (QED) is 0.249. The molecule has 0 atom stereocenters. The van der Waals surface area contributed by atoms with Gasteiger partial charge in [-0.25, -0.2) is 9.37 Å². The zero-order valence-electron chi connectivity index (χ0n) is 21.0. The number of halogens is 4. The van der Waals surface area contributed by atoms with Crippen LogP contribution in [0.3, 0.4) is 0 Å². The topological polar surface area (TPSA) is 72.0 Å². The van der Waals surface area contributed by atoms with Crippen LogP contribution < -0.4 is 5.32 Å². The van der Waals surface area contributed by atoms with E-state index in [1.165, 1.54) is 18.5 Å². The van der Waals surface area contributed by atoms with Crippen molar-refractivity contribution in [3.63, 3.8) is 0 Å². The molecule has 2 aromatic heterocycles. The number of nitrogens with one attached hydrogen (secondary N) is 1. The number of aryl methyl sites for hydroxylation is 1. The summed E-state index contributed by atoms with van der Waals surface area (Å²) in [5.74, 6) is -0.669. The van der Waals surface area contributed by atoms with E-state index in [1.807, 2.05) is 30.3 Å². The summed E-state index contributed by atoms with van der Waals surface area (Å²) in [6.07, 6.45) is -2.12. The Morgan fingerprint density at radius 3 is 2.49 bits per heavy atom. The Labute approximate surface area is 221 Å². The van der Waals surface area contributed by atoms with Crippen LogP contribution in [0.4, 0.5) is 23.2 Å². The molecule has 5 aromatic rings. The van der Waals surface area contributed by atoms with Crippen LogP contribution in [0.5, 0.6) is 0 Å². The summed E-state index contributed by atoms with van der Waals surface area (Å²) in [6, 6.07) is 14.6. The molecule has 0 bridgehead atoms. The summed E-state index contributed by atoms with van der Waals surface area (Å²) in [5, 5.41) is 11.2. The van der Waals surface area contributed by atoms with Gasteiger partial charge in [0, 0.05) is 31.4 Å². The van der Waals surface area contributed by atoms with Gasteiger partial charge in [-0.3, -0.25) is 0 Å². The highest BCUT2D eigenvalue weighted by Gasteiger charge is 2.36. The number of alkyl halides is 3. The van der Waals surface area contributed by atoms with Crippen molar-refractivity contribution >= 4 is 16.8 Å².